The number of fused-ring (bicyclic) bond motifs is 1. The summed E-state index contributed by atoms with van der Waals surface area (Å²) in [6.45, 7) is 29.3. The lowest BCUT2D eigenvalue weighted by Gasteiger charge is -2.20. The highest BCUT2D eigenvalue weighted by atomic mass is 31.3. The number of imidazole rings is 1. The van der Waals surface area contributed by atoms with Crippen molar-refractivity contribution in [2.24, 2.45) is 5.11 Å². The van der Waals surface area contributed by atoms with Gasteiger partial charge in [-0.05, 0) is 77.3 Å². The second-order valence-corrected chi connectivity index (χ2v) is 17.7. The molecule has 7 N–H and O–H groups in total. The molecule has 2 aromatic rings. The fourth-order valence-electron chi connectivity index (χ4n) is 5.52. The molecule has 27 heteroatoms. The number of nitrogens with two attached hydrogens (primary N) is 1. The number of nitrogen functional groups attached to an aromatic ring is 1. The fourth-order valence-corrected chi connectivity index (χ4v) is 9.06. The topological polar surface area (TPSA) is 327 Å². The molecule has 0 aliphatic carbocycles. The average Bonchev–Trinajstić information content (AvgIpc) is 3.77. The summed E-state index contributed by atoms with van der Waals surface area (Å²) in [4.78, 5) is 50.6. The van der Waals surface area contributed by atoms with E-state index in [1.165, 1.54) is 69.8 Å². The zero-order valence-electron chi connectivity index (χ0n) is 37.2. The molecule has 3 rings (SSSR count). The molecule has 3 heterocycles. The van der Waals surface area contributed by atoms with E-state index in [1.807, 2.05) is 0 Å². The molecule has 0 radical (unpaired) electrons. The number of hydrogen-bond donors (Lipinski definition) is 6. The summed E-state index contributed by atoms with van der Waals surface area (Å²) < 4.78 is 60.0. The van der Waals surface area contributed by atoms with Crippen LogP contribution in [0.5, 0.6) is 0 Å². The van der Waals surface area contributed by atoms with E-state index in [1.54, 1.807) is 0 Å². The summed E-state index contributed by atoms with van der Waals surface area (Å²) in [5, 5.41) is 24.1. The maximum atomic E-state index is 12.2. The van der Waals surface area contributed by atoms with Crippen LogP contribution in [0.3, 0.4) is 0 Å². The van der Waals surface area contributed by atoms with Gasteiger partial charge in [0.1, 0.15) is 30.2 Å². The lowest BCUT2D eigenvalue weighted by Crippen LogP contribution is -2.33. The summed E-state index contributed by atoms with van der Waals surface area (Å²) in [6, 6.07) is 0. The molecule has 3 unspecified atom stereocenters. The molecule has 0 saturated carbocycles. The molecule has 7 atom stereocenters. The van der Waals surface area contributed by atoms with Gasteiger partial charge < -0.3 is 50.1 Å². The first-order valence-corrected chi connectivity index (χ1v) is 25.1. The molecule has 356 valence electrons. The molecule has 61 heavy (non-hydrogen) atoms. The van der Waals surface area contributed by atoms with E-state index in [0.717, 1.165) is 6.33 Å². The Bertz CT molecular complexity index is 1620. The number of anilines is 1. The number of nitrogens with zero attached hydrogens (tertiary/aromatic N) is 10. The number of rotatable bonds is 25. The summed E-state index contributed by atoms with van der Waals surface area (Å²) in [6.07, 6.45) is -1.74. The number of aliphatic hydroxyl groups is 2. The van der Waals surface area contributed by atoms with Gasteiger partial charge >= 0.3 is 23.5 Å². The highest BCUT2D eigenvalue weighted by molar-refractivity contribution is 7.66. The third-order valence-electron chi connectivity index (χ3n) is 9.31. The van der Waals surface area contributed by atoms with Crippen LogP contribution in [0.1, 0.15) is 94.2 Å². The van der Waals surface area contributed by atoms with Crippen LogP contribution in [0.15, 0.2) is 17.8 Å². The minimum atomic E-state index is -5.70. The number of aromatic nitrogens is 4. The van der Waals surface area contributed by atoms with Crippen LogP contribution < -0.4 is 5.73 Å². The van der Waals surface area contributed by atoms with Gasteiger partial charge in [0, 0.05) is 11.5 Å². The van der Waals surface area contributed by atoms with Gasteiger partial charge in [0.25, 0.3) is 0 Å². The number of unbranched alkanes of at least 4 members (excludes halogenated alkanes) is 3. The largest absolute Gasteiger partial charge is 0.490 e. The van der Waals surface area contributed by atoms with E-state index in [0.29, 0.717) is 19.3 Å². The summed E-state index contributed by atoms with van der Waals surface area (Å²) >= 11 is 0. The highest BCUT2D eigenvalue weighted by Gasteiger charge is 2.47. The van der Waals surface area contributed by atoms with Crippen molar-refractivity contribution in [2.45, 2.75) is 113 Å². The molecule has 1 aliphatic rings. The second-order valence-electron chi connectivity index (χ2n) is 13.1. The summed E-state index contributed by atoms with van der Waals surface area (Å²) in [5.74, 6) is 0.0439. The minimum absolute atomic E-state index is 0.0439. The number of ether oxygens (including phenoxy) is 1. The van der Waals surface area contributed by atoms with Crippen LogP contribution in [0, 0.1) is 0 Å². The first kappa shape index (κ1) is 58.8. The molecule has 1 fully saturated rings. The molecule has 2 aromatic heterocycles. The molecule has 0 bridgehead atoms. The Labute approximate surface area is 360 Å². The quantitative estimate of drug-likeness (QED) is 0.0241. The van der Waals surface area contributed by atoms with E-state index in [-0.39, 0.29) is 36.6 Å². The van der Waals surface area contributed by atoms with Crippen LogP contribution in [0.4, 0.5) is 5.82 Å². The van der Waals surface area contributed by atoms with Gasteiger partial charge in [0.05, 0.1) is 19.5 Å². The van der Waals surface area contributed by atoms with Crippen molar-refractivity contribution >= 4 is 40.4 Å². The first-order valence-electron chi connectivity index (χ1n) is 20.6. The number of phosphoric acid groups is 3. The maximum absolute atomic E-state index is 12.2. The predicted molar refractivity (Wildman–Crippen MR) is 232 cm³/mol. The lowest BCUT2D eigenvalue weighted by molar-refractivity contribution is -0.0503. The number of azide groups is 1. The SMILES string of the molecule is CCN(CC)CC.CCN(CC)CC.CCN(CC)CC.[N-]=[N+]=NCCCCCCOP(=O)(O)OP(=O)(O)OP(=O)(O)OC[C@H]1O[C@@H](n2cnc3c(N)ncnc32)[C@H](O)[C@@H]1O. The van der Waals surface area contributed by atoms with Gasteiger partial charge in [0.2, 0.25) is 0 Å². The van der Waals surface area contributed by atoms with E-state index >= 15 is 0 Å². The Hall–Kier alpha value is -2.17. The van der Waals surface area contributed by atoms with Gasteiger partial charge in [-0.3, -0.25) is 13.6 Å². The molecular formula is C34H72N11O13P3. The first-order chi connectivity index (χ1) is 28.8. The molecule has 0 spiro atoms. The van der Waals surface area contributed by atoms with Gasteiger partial charge in [-0.15, -0.1) is 0 Å². The van der Waals surface area contributed by atoms with Crippen LogP contribution in [-0.4, -0.2) is 156 Å². The maximum Gasteiger partial charge on any atom is 0.490 e. The van der Waals surface area contributed by atoms with Crippen molar-refractivity contribution in [1.82, 2.24) is 34.2 Å². The van der Waals surface area contributed by atoms with E-state index < -0.39 is 54.6 Å². The Morgan fingerprint density at radius 3 is 1.67 bits per heavy atom. The predicted octanol–water partition coefficient (Wildman–Crippen LogP) is 5.31. The van der Waals surface area contributed by atoms with E-state index in [2.05, 4.69) is 120 Å². The summed E-state index contributed by atoms with van der Waals surface area (Å²) in [5.41, 5.74) is 14.2. The smallest absolute Gasteiger partial charge is 0.387 e. The molecule has 0 amide bonds. The Morgan fingerprint density at radius 2 is 1.21 bits per heavy atom. The normalized spacial score (nSPS) is 20.3. The Balaban J connectivity index is 0.00000140. The summed E-state index contributed by atoms with van der Waals surface area (Å²) in [7, 11) is -16.4. The highest BCUT2D eigenvalue weighted by Crippen LogP contribution is 2.67. The third kappa shape index (κ3) is 23.4. The molecule has 24 nitrogen and oxygen atoms in total. The van der Waals surface area contributed by atoms with Crippen LogP contribution in [0.2, 0.25) is 0 Å². The standard InChI is InChI=1S/C16H27N8O13P3.3C6H15N/c17-14-11-15(20-8-19-14)24(9-21-11)16-13(26)12(25)10(35-16)7-34-39(29,30)37-40(31,32)36-38(27,28)33-6-4-2-1-3-5-22-23-18;3*1-4-7(5-2)6-3/h8-10,12-13,16,25-26H,1-7H2,(H,27,28)(H,29,30)(H,31,32)(H2,17,19,20);3*4-6H2,1-3H3/t10-,12-,13-,16-;;;/m1.../s1. The van der Waals surface area contributed by atoms with Crippen LogP contribution in [0.25, 0.3) is 21.6 Å². The zero-order chi connectivity index (χ0) is 46.6. The Morgan fingerprint density at radius 1 is 0.738 bits per heavy atom. The van der Waals surface area contributed by atoms with Crippen molar-refractivity contribution in [3.63, 3.8) is 0 Å². The van der Waals surface area contributed by atoms with Crippen molar-refractivity contribution in [3.05, 3.63) is 23.1 Å². The van der Waals surface area contributed by atoms with Gasteiger partial charge in [0.15, 0.2) is 17.7 Å². The van der Waals surface area contributed by atoms with Gasteiger partial charge in [-0.2, -0.15) is 8.62 Å². The van der Waals surface area contributed by atoms with E-state index in [4.69, 9.17) is 16.0 Å². The monoisotopic (exact) mass is 935 g/mol. The van der Waals surface area contributed by atoms with Crippen LogP contribution >= 0.6 is 23.5 Å². The Kier molecular flexibility index (Phi) is 30.5. The zero-order valence-corrected chi connectivity index (χ0v) is 39.9. The number of aliphatic hydroxyl groups excluding tert-OH is 2. The molecular weight excluding hydrogens is 863 g/mol. The number of phosphoric ester groups is 2. The van der Waals surface area contributed by atoms with Gasteiger partial charge in [-0.1, -0.05) is 80.3 Å². The fraction of sp³-hybridized carbons (Fsp3) is 0.853. The van der Waals surface area contributed by atoms with Crippen molar-refractivity contribution in [2.75, 3.05) is 84.4 Å². The minimum Gasteiger partial charge on any atom is -0.387 e. The van der Waals surface area contributed by atoms with Crippen molar-refractivity contribution in [3.8, 4) is 0 Å². The van der Waals surface area contributed by atoms with Crippen molar-refractivity contribution < 1.29 is 61.0 Å². The number of hydrogen-bond acceptors (Lipinski definition) is 18. The van der Waals surface area contributed by atoms with Crippen molar-refractivity contribution in [1.29, 1.82) is 0 Å². The van der Waals surface area contributed by atoms with Crippen LogP contribution in [-0.2, 0) is 36.1 Å². The lowest BCUT2D eigenvalue weighted by atomic mass is 10.1. The van der Waals surface area contributed by atoms with Gasteiger partial charge in [-0.25, -0.2) is 28.6 Å². The average molecular weight is 936 g/mol. The third-order valence-corrected chi connectivity index (χ3v) is 13.6. The molecule has 1 aliphatic heterocycles. The molecule has 1 saturated heterocycles. The van der Waals surface area contributed by atoms with E-state index in [9.17, 15) is 38.6 Å². The second kappa shape index (κ2) is 31.6. The molecule has 0 aromatic carbocycles.